The average molecular weight is 184 g/mol. The van der Waals surface area contributed by atoms with Crippen LogP contribution in [-0.2, 0) is 0 Å². The third-order valence-electron chi connectivity index (χ3n) is 2.91. The van der Waals surface area contributed by atoms with E-state index in [2.05, 4.69) is 24.5 Å². The van der Waals surface area contributed by atoms with Crippen LogP contribution in [0.4, 0.5) is 0 Å². The predicted molar refractivity (Wildman–Crippen MR) is 58.0 cm³/mol. The molecule has 0 saturated heterocycles. The second-order valence-electron chi connectivity index (χ2n) is 4.90. The van der Waals surface area contributed by atoms with Crippen LogP contribution in [0.3, 0.4) is 0 Å². The normalized spacial score (nSPS) is 17.8. The van der Waals surface area contributed by atoms with Crippen molar-refractivity contribution >= 4 is 0 Å². The minimum Gasteiger partial charge on any atom is -0.315 e. The molecule has 0 aliphatic heterocycles. The number of nitrogens with one attached hydrogen (secondary N) is 2. The first-order valence-corrected chi connectivity index (χ1v) is 5.54. The molecule has 0 aromatic carbocycles. The summed E-state index contributed by atoms with van der Waals surface area (Å²) in [5, 5.41) is 6.79. The van der Waals surface area contributed by atoms with Gasteiger partial charge in [0, 0.05) is 12.1 Å². The zero-order valence-electron chi connectivity index (χ0n) is 9.32. The first-order chi connectivity index (χ1) is 6.14. The largest absolute Gasteiger partial charge is 0.315 e. The summed E-state index contributed by atoms with van der Waals surface area (Å²) in [6.07, 6.45) is 5.77. The molecule has 2 N–H and O–H groups in total. The molecule has 0 atom stereocenters. The van der Waals surface area contributed by atoms with Crippen molar-refractivity contribution < 1.29 is 0 Å². The van der Waals surface area contributed by atoms with Gasteiger partial charge in [-0.05, 0) is 46.2 Å². The van der Waals surface area contributed by atoms with Crippen LogP contribution in [0, 0.1) is 5.92 Å². The van der Waals surface area contributed by atoms with E-state index >= 15 is 0 Å². The van der Waals surface area contributed by atoms with Crippen molar-refractivity contribution in [2.24, 2.45) is 5.92 Å². The molecule has 0 unspecified atom stereocenters. The lowest BCUT2D eigenvalue weighted by atomic mass is 10.1. The number of likely N-dealkylation sites (N-methyl/N-ethyl adjacent to an activating group) is 1. The second kappa shape index (κ2) is 4.97. The van der Waals surface area contributed by atoms with Gasteiger partial charge in [0.2, 0.25) is 0 Å². The van der Waals surface area contributed by atoms with Crippen LogP contribution in [-0.4, -0.2) is 25.7 Å². The molecule has 13 heavy (non-hydrogen) atoms. The van der Waals surface area contributed by atoms with E-state index in [1.165, 1.54) is 32.2 Å². The van der Waals surface area contributed by atoms with Gasteiger partial charge < -0.3 is 10.6 Å². The Morgan fingerprint density at radius 2 is 2.00 bits per heavy atom. The monoisotopic (exact) mass is 184 g/mol. The molecule has 1 aliphatic carbocycles. The van der Waals surface area contributed by atoms with Gasteiger partial charge in [0.15, 0.2) is 0 Å². The van der Waals surface area contributed by atoms with Gasteiger partial charge in [-0.15, -0.1) is 0 Å². The van der Waals surface area contributed by atoms with Gasteiger partial charge in [-0.25, -0.2) is 0 Å². The van der Waals surface area contributed by atoms with E-state index < -0.39 is 0 Å². The Bertz CT molecular complexity index is 139. The predicted octanol–water partition coefficient (Wildman–Crippen LogP) is 1.76. The smallest absolute Gasteiger partial charge is 0.0246 e. The van der Waals surface area contributed by atoms with Gasteiger partial charge in [0.25, 0.3) is 0 Å². The molecule has 0 heterocycles. The molecular weight excluding hydrogens is 160 g/mol. The average Bonchev–Trinajstić information content (AvgIpc) is 2.87. The van der Waals surface area contributed by atoms with Crippen LogP contribution in [0.2, 0.25) is 0 Å². The summed E-state index contributed by atoms with van der Waals surface area (Å²) in [5.41, 5.74) is 0.236. The maximum Gasteiger partial charge on any atom is 0.0246 e. The highest BCUT2D eigenvalue weighted by atomic mass is 15.0. The summed E-state index contributed by atoms with van der Waals surface area (Å²) >= 11 is 0. The molecule has 2 nitrogen and oxygen atoms in total. The third-order valence-corrected chi connectivity index (χ3v) is 2.91. The fraction of sp³-hybridized carbons (Fsp3) is 1.00. The Balaban J connectivity index is 1.87. The third kappa shape index (κ3) is 5.27. The Morgan fingerprint density at radius 1 is 1.31 bits per heavy atom. The van der Waals surface area contributed by atoms with Crippen LogP contribution in [0.25, 0.3) is 0 Å². The maximum atomic E-state index is 3.50. The molecule has 1 rings (SSSR count). The molecule has 0 spiro atoms. The molecule has 0 aromatic heterocycles. The lowest BCUT2D eigenvalue weighted by molar-refractivity contribution is 0.391. The van der Waals surface area contributed by atoms with Crippen LogP contribution in [0.1, 0.15) is 39.5 Å². The van der Waals surface area contributed by atoms with Crippen molar-refractivity contribution in [3.05, 3.63) is 0 Å². The lowest BCUT2D eigenvalue weighted by Crippen LogP contribution is -2.45. The lowest BCUT2D eigenvalue weighted by Gasteiger charge is -2.24. The Morgan fingerprint density at radius 3 is 2.54 bits per heavy atom. The van der Waals surface area contributed by atoms with E-state index in [-0.39, 0.29) is 5.54 Å². The van der Waals surface area contributed by atoms with Crippen molar-refractivity contribution in [2.75, 3.05) is 20.1 Å². The van der Waals surface area contributed by atoms with Crippen molar-refractivity contribution in [3.8, 4) is 0 Å². The molecular formula is C11H24N2. The number of rotatable bonds is 7. The van der Waals surface area contributed by atoms with Gasteiger partial charge >= 0.3 is 0 Å². The first kappa shape index (κ1) is 11.0. The number of hydrogen-bond acceptors (Lipinski definition) is 2. The van der Waals surface area contributed by atoms with Gasteiger partial charge in [-0.2, -0.15) is 0 Å². The summed E-state index contributed by atoms with van der Waals surface area (Å²) in [6, 6.07) is 0. The molecule has 2 heteroatoms. The highest BCUT2D eigenvalue weighted by Gasteiger charge is 2.20. The number of hydrogen-bond donors (Lipinski definition) is 2. The molecule has 0 aromatic rings. The van der Waals surface area contributed by atoms with E-state index in [0.717, 1.165) is 12.5 Å². The first-order valence-electron chi connectivity index (χ1n) is 5.54. The molecule has 1 saturated carbocycles. The molecule has 0 radical (unpaired) electrons. The van der Waals surface area contributed by atoms with Crippen LogP contribution < -0.4 is 10.6 Å². The van der Waals surface area contributed by atoms with Crippen LogP contribution in [0.5, 0.6) is 0 Å². The quantitative estimate of drug-likeness (QED) is 0.589. The van der Waals surface area contributed by atoms with Gasteiger partial charge in [-0.3, -0.25) is 0 Å². The van der Waals surface area contributed by atoms with Crippen LogP contribution >= 0.6 is 0 Å². The van der Waals surface area contributed by atoms with Crippen LogP contribution in [0.15, 0.2) is 0 Å². The Labute approximate surface area is 82.5 Å². The van der Waals surface area contributed by atoms with E-state index in [9.17, 15) is 0 Å². The highest BCUT2D eigenvalue weighted by molar-refractivity contribution is 4.78. The maximum absolute atomic E-state index is 3.50. The minimum atomic E-state index is 0.236. The van der Waals surface area contributed by atoms with Crippen molar-refractivity contribution in [3.63, 3.8) is 0 Å². The van der Waals surface area contributed by atoms with Crippen molar-refractivity contribution in [2.45, 2.75) is 45.1 Å². The topological polar surface area (TPSA) is 24.1 Å². The van der Waals surface area contributed by atoms with E-state index in [1.54, 1.807) is 0 Å². The summed E-state index contributed by atoms with van der Waals surface area (Å²) in [5.74, 6) is 1.08. The standard InChI is InChI=1S/C11H24N2/c1-11(2,12-3)9-13-8-4-5-10-6-7-10/h10,12-13H,4-9H2,1-3H3. The molecule has 78 valence electrons. The van der Waals surface area contributed by atoms with Gasteiger partial charge in [-0.1, -0.05) is 12.8 Å². The van der Waals surface area contributed by atoms with Gasteiger partial charge in [0.05, 0.1) is 0 Å². The summed E-state index contributed by atoms with van der Waals surface area (Å²) in [7, 11) is 2.02. The summed E-state index contributed by atoms with van der Waals surface area (Å²) in [6.45, 7) is 6.69. The molecule has 0 bridgehead atoms. The zero-order chi connectivity index (χ0) is 9.73. The fourth-order valence-corrected chi connectivity index (χ4v) is 1.41. The Kier molecular flexibility index (Phi) is 4.20. The summed E-state index contributed by atoms with van der Waals surface area (Å²) in [4.78, 5) is 0. The van der Waals surface area contributed by atoms with Crippen molar-refractivity contribution in [1.82, 2.24) is 10.6 Å². The van der Waals surface area contributed by atoms with E-state index in [4.69, 9.17) is 0 Å². The molecule has 1 aliphatic rings. The Hall–Kier alpha value is -0.0800. The fourth-order valence-electron chi connectivity index (χ4n) is 1.41. The van der Waals surface area contributed by atoms with Gasteiger partial charge in [0.1, 0.15) is 0 Å². The highest BCUT2D eigenvalue weighted by Crippen LogP contribution is 2.33. The second-order valence-corrected chi connectivity index (χ2v) is 4.90. The molecule has 1 fully saturated rings. The minimum absolute atomic E-state index is 0.236. The zero-order valence-corrected chi connectivity index (χ0v) is 9.32. The molecule has 0 amide bonds. The SMILES string of the molecule is CNC(C)(C)CNCCCC1CC1. The van der Waals surface area contributed by atoms with Crippen molar-refractivity contribution in [1.29, 1.82) is 0 Å². The van der Waals surface area contributed by atoms with E-state index in [1.807, 2.05) is 7.05 Å². The van der Waals surface area contributed by atoms with E-state index in [0.29, 0.717) is 0 Å². The summed E-state index contributed by atoms with van der Waals surface area (Å²) < 4.78 is 0.